The van der Waals surface area contributed by atoms with Crippen LogP contribution in [-0.2, 0) is 25.2 Å². The van der Waals surface area contributed by atoms with Gasteiger partial charge in [-0.1, -0.05) is 12.1 Å². The Morgan fingerprint density at radius 3 is 2.49 bits per heavy atom. The third kappa shape index (κ3) is 7.20. The molecule has 0 aliphatic carbocycles. The third-order valence-electron chi connectivity index (χ3n) is 7.53. The molecule has 2 atom stereocenters. The highest BCUT2D eigenvalue weighted by molar-refractivity contribution is 7.52. The first-order chi connectivity index (χ1) is 21.5. The largest absolute Gasteiger partial charge is 0.505 e. The maximum atomic E-state index is 13.4. The topological polar surface area (TPSA) is 164 Å². The van der Waals surface area contributed by atoms with Gasteiger partial charge in [0.05, 0.1) is 30.1 Å². The van der Waals surface area contributed by atoms with Crippen LogP contribution in [0.2, 0.25) is 0 Å². The molecule has 1 saturated heterocycles. The van der Waals surface area contributed by atoms with Crippen molar-refractivity contribution in [1.82, 2.24) is 19.4 Å². The second kappa shape index (κ2) is 13.4. The molecule has 1 unspecified atom stereocenters. The van der Waals surface area contributed by atoms with E-state index < -0.39 is 31.6 Å². The summed E-state index contributed by atoms with van der Waals surface area (Å²) in [5, 5.41) is 22.8. The zero-order valence-corrected chi connectivity index (χ0v) is 25.7. The number of benzene rings is 2. The molecule has 2 aromatic heterocycles. The Balaban J connectivity index is 1.29. The molecule has 4 aromatic rings. The molecule has 3 N–H and O–H groups in total. The van der Waals surface area contributed by atoms with Gasteiger partial charge in [0.2, 0.25) is 5.88 Å². The third-order valence-corrected chi connectivity index (χ3v) is 8.94. The molecule has 0 radical (unpaired) electrons. The summed E-state index contributed by atoms with van der Waals surface area (Å²) in [5.41, 5.74) is 0.837. The van der Waals surface area contributed by atoms with Gasteiger partial charge in [-0.25, -0.2) is 14.0 Å². The average Bonchev–Trinajstić information content (AvgIpc) is 3.35. The van der Waals surface area contributed by atoms with Gasteiger partial charge >= 0.3 is 19.7 Å². The van der Waals surface area contributed by atoms with Crippen LogP contribution < -0.4 is 4.74 Å². The van der Waals surface area contributed by atoms with Gasteiger partial charge in [-0.3, -0.25) is 19.0 Å². The monoisotopic (exact) mass is 644 g/mol. The highest BCUT2D eigenvalue weighted by Crippen LogP contribution is 2.46. The maximum absolute atomic E-state index is 13.4. The van der Waals surface area contributed by atoms with E-state index in [1.54, 1.807) is 37.4 Å². The van der Waals surface area contributed by atoms with Gasteiger partial charge in [0.15, 0.2) is 17.6 Å². The van der Waals surface area contributed by atoms with Crippen molar-refractivity contribution in [3.8, 4) is 17.4 Å². The molecule has 2 aromatic carbocycles. The first-order valence-corrected chi connectivity index (χ1v) is 16.2. The minimum absolute atomic E-state index is 0.0591. The van der Waals surface area contributed by atoms with Crippen LogP contribution >= 0.6 is 7.60 Å². The number of aromatic nitrogens is 2. The predicted octanol–water partition coefficient (Wildman–Crippen LogP) is 4.06. The van der Waals surface area contributed by atoms with E-state index in [1.165, 1.54) is 34.7 Å². The number of carbonyl (C=O) groups is 2. The summed E-state index contributed by atoms with van der Waals surface area (Å²) in [6.07, 6.45) is 0.992. The second-order valence-corrected chi connectivity index (χ2v) is 12.6. The van der Waals surface area contributed by atoms with Gasteiger partial charge in [0.1, 0.15) is 11.3 Å². The first kappa shape index (κ1) is 32.2. The molecule has 1 amide bonds. The summed E-state index contributed by atoms with van der Waals surface area (Å²) < 4.78 is 43.1. The second-order valence-electron chi connectivity index (χ2n) is 10.6. The number of pyridine rings is 1. The van der Waals surface area contributed by atoms with E-state index in [4.69, 9.17) is 14.0 Å². The number of phenols is 1. The van der Waals surface area contributed by atoms with E-state index in [1.807, 2.05) is 4.90 Å². The maximum Gasteiger partial charge on any atom is 0.415 e. The fourth-order valence-corrected chi connectivity index (χ4v) is 6.41. The van der Waals surface area contributed by atoms with Crippen LogP contribution in [0.1, 0.15) is 19.4 Å². The molecule has 0 spiro atoms. The summed E-state index contributed by atoms with van der Waals surface area (Å²) in [6.45, 7) is 4.80. The number of ether oxygens (including phenoxy) is 2. The number of piperazine rings is 1. The zero-order valence-electron chi connectivity index (χ0n) is 24.8. The summed E-state index contributed by atoms with van der Waals surface area (Å²) in [5.74, 6) is -1.54. The molecule has 15 heteroatoms. The van der Waals surface area contributed by atoms with Crippen LogP contribution in [-0.4, -0.2) is 98.1 Å². The molecular weight excluding hydrogens is 610 g/mol. The summed E-state index contributed by atoms with van der Waals surface area (Å²) >= 11 is 0. The quantitative estimate of drug-likeness (QED) is 0.169. The number of halogens is 1. The van der Waals surface area contributed by atoms with Gasteiger partial charge in [0.25, 0.3) is 0 Å². The van der Waals surface area contributed by atoms with Crippen molar-refractivity contribution in [2.24, 2.45) is 0 Å². The van der Waals surface area contributed by atoms with E-state index in [0.717, 1.165) is 0 Å². The van der Waals surface area contributed by atoms with Crippen LogP contribution in [0.15, 0.2) is 48.8 Å². The summed E-state index contributed by atoms with van der Waals surface area (Å²) in [7, 11) is -4.06. The van der Waals surface area contributed by atoms with Gasteiger partial charge in [-0.15, -0.1) is 0 Å². The van der Waals surface area contributed by atoms with Gasteiger partial charge in [-0.05, 0) is 43.7 Å². The van der Waals surface area contributed by atoms with Crippen LogP contribution in [0.5, 0.6) is 17.4 Å². The smallest absolute Gasteiger partial charge is 0.415 e. The number of rotatable bonds is 10. The van der Waals surface area contributed by atoms with Crippen LogP contribution in [0, 0.1) is 5.82 Å². The normalized spacial score (nSPS) is 16.0. The Morgan fingerprint density at radius 1 is 1.09 bits per heavy atom. The fourth-order valence-electron chi connectivity index (χ4n) is 5.19. The number of nitrogens with zero attached hydrogens (tertiary/aromatic N) is 4. The number of phenolic OH excluding ortho intramolecular Hbond substituents is 1. The lowest BCUT2D eigenvalue weighted by molar-refractivity contribution is -0.150. The van der Waals surface area contributed by atoms with Crippen LogP contribution in [0.3, 0.4) is 0 Å². The molecule has 1 fully saturated rings. The number of carbonyl (C=O) groups excluding carboxylic acids is 2. The predicted molar refractivity (Wildman–Crippen MR) is 162 cm³/mol. The van der Waals surface area contributed by atoms with Crippen molar-refractivity contribution < 1.29 is 47.6 Å². The van der Waals surface area contributed by atoms with Gasteiger partial charge < -0.3 is 34.0 Å². The number of fused-ring (bicyclic) bond motifs is 2. The molecule has 0 saturated carbocycles. The molecule has 13 nitrogen and oxygen atoms in total. The lowest BCUT2D eigenvalue weighted by atomic mass is 10.1. The Kier molecular flexibility index (Phi) is 9.59. The Hall–Kier alpha value is -4.23. The van der Waals surface area contributed by atoms with Crippen LogP contribution in [0.4, 0.5) is 9.18 Å². The summed E-state index contributed by atoms with van der Waals surface area (Å²) in [4.78, 5) is 42.9. The van der Waals surface area contributed by atoms with Crippen molar-refractivity contribution in [2.45, 2.75) is 26.5 Å². The standard InChI is InChI=1S/C30H34FN4O9P/c1-3-42-29(38)19(2)44-45(40,41)16-15-33-11-13-34(14-12-33)30(39)43-27-22-5-4-10-32-25(22)26(36)24-23(27)18-35(28(24)37)17-20-6-8-21(31)9-7-20/h4-10,18-19,36-37H,3,11-17H2,1-2H3,(H,40,41)/t19-/m0/s1. The average molecular weight is 645 g/mol. The van der Waals surface area contributed by atoms with Crippen LogP contribution in [0.25, 0.3) is 21.7 Å². The van der Waals surface area contributed by atoms with E-state index >= 15 is 0 Å². The number of aromatic hydroxyl groups is 2. The lowest BCUT2D eigenvalue weighted by Crippen LogP contribution is -2.50. The Bertz CT molecular complexity index is 1760. The Morgan fingerprint density at radius 2 is 1.80 bits per heavy atom. The number of hydrogen-bond acceptors (Lipinski definition) is 10. The van der Waals surface area contributed by atoms with Crippen molar-refractivity contribution >= 4 is 41.3 Å². The van der Waals surface area contributed by atoms with E-state index in [2.05, 4.69) is 4.98 Å². The molecule has 45 heavy (non-hydrogen) atoms. The number of esters is 1. The highest BCUT2D eigenvalue weighted by Gasteiger charge is 2.31. The molecule has 240 valence electrons. The van der Waals surface area contributed by atoms with Crippen molar-refractivity contribution in [1.29, 1.82) is 0 Å². The van der Waals surface area contributed by atoms with Crippen molar-refractivity contribution in [3.63, 3.8) is 0 Å². The van der Waals surface area contributed by atoms with Gasteiger partial charge in [-0.2, -0.15) is 0 Å². The molecule has 5 rings (SSSR count). The van der Waals surface area contributed by atoms with E-state index in [0.29, 0.717) is 24.0 Å². The zero-order chi connectivity index (χ0) is 32.3. The SMILES string of the molecule is CCOC(=O)[C@H](C)OP(=O)(O)CCN1CCN(C(=O)Oc2c3cccnc3c(O)c3c(O)n(Cc4ccc(F)cc4)cc23)CC1. The van der Waals surface area contributed by atoms with E-state index in [9.17, 15) is 33.7 Å². The molecule has 3 heterocycles. The number of hydrogen-bond donors (Lipinski definition) is 3. The fraction of sp³-hybridized carbons (Fsp3) is 0.367. The van der Waals surface area contributed by atoms with Crippen molar-refractivity contribution in [2.75, 3.05) is 45.5 Å². The molecule has 0 bridgehead atoms. The van der Waals surface area contributed by atoms with Gasteiger partial charge in [0, 0.05) is 50.5 Å². The van der Waals surface area contributed by atoms with Crippen molar-refractivity contribution in [3.05, 3.63) is 60.2 Å². The molecular formula is C30H34FN4O9P. The Labute approximate surface area is 257 Å². The molecule has 1 aliphatic rings. The minimum atomic E-state index is -4.06. The summed E-state index contributed by atoms with van der Waals surface area (Å²) in [6, 6.07) is 9.05. The van der Waals surface area contributed by atoms with E-state index in [-0.39, 0.29) is 72.6 Å². The lowest BCUT2D eigenvalue weighted by Gasteiger charge is -2.34. The molecule has 1 aliphatic heterocycles. The number of amides is 1. The first-order valence-electron chi connectivity index (χ1n) is 14.4. The highest BCUT2D eigenvalue weighted by atomic mass is 31.2. The minimum Gasteiger partial charge on any atom is -0.505 e.